The van der Waals surface area contributed by atoms with Crippen LogP contribution in [0.5, 0.6) is 0 Å². The number of H-pyrrole nitrogens is 1. The number of hydrogen-bond donors (Lipinski definition) is 3. The van der Waals surface area contributed by atoms with E-state index in [0.29, 0.717) is 30.9 Å². The predicted octanol–water partition coefficient (Wildman–Crippen LogP) is 3.28. The fraction of sp³-hybridized carbons (Fsp3) is 0.240. The maximum Gasteiger partial charge on any atom is 0.326 e. The van der Waals surface area contributed by atoms with Crippen molar-refractivity contribution in [3.63, 3.8) is 0 Å². The Morgan fingerprint density at radius 3 is 2.70 bits per heavy atom. The van der Waals surface area contributed by atoms with Crippen molar-refractivity contribution in [3.8, 4) is 11.1 Å². The average Bonchev–Trinajstić information content (AvgIpc) is 3.32. The minimum absolute atomic E-state index is 0.126. The Bertz CT molecular complexity index is 1520. The van der Waals surface area contributed by atoms with Crippen LogP contribution in [0.1, 0.15) is 24.4 Å². The lowest BCUT2D eigenvalue weighted by atomic mass is 9.80. The van der Waals surface area contributed by atoms with Crippen LogP contribution < -0.4 is 17.2 Å². The van der Waals surface area contributed by atoms with E-state index < -0.39 is 0 Å². The van der Waals surface area contributed by atoms with Gasteiger partial charge in [-0.25, -0.2) is 14.8 Å². The van der Waals surface area contributed by atoms with Crippen LogP contribution in [0, 0.1) is 5.92 Å². The second kappa shape index (κ2) is 7.60. The zero-order chi connectivity index (χ0) is 22.5. The fourth-order valence-electron chi connectivity index (χ4n) is 4.97. The zero-order valence-corrected chi connectivity index (χ0v) is 18.1. The van der Waals surface area contributed by atoms with Gasteiger partial charge in [-0.1, -0.05) is 36.4 Å². The molecule has 0 radical (unpaired) electrons. The van der Waals surface area contributed by atoms with Crippen LogP contribution in [-0.2, 0) is 6.54 Å². The number of benzene rings is 2. The van der Waals surface area contributed by atoms with Gasteiger partial charge in [0.2, 0.25) is 0 Å². The van der Waals surface area contributed by atoms with E-state index >= 15 is 0 Å². The number of imidazole rings is 1. The lowest BCUT2D eigenvalue weighted by molar-refractivity contribution is 0.209. The van der Waals surface area contributed by atoms with Gasteiger partial charge in [-0.15, -0.1) is 0 Å². The van der Waals surface area contributed by atoms with Gasteiger partial charge >= 0.3 is 5.69 Å². The molecule has 0 spiro atoms. The first kappa shape index (κ1) is 19.8. The number of hydrogen-bond acceptors (Lipinski definition) is 5. The molecule has 5 N–H and O–H groups in total. The summed E-state index contributed by atoms with van der Waals surface area (Å²) in [4.78, 5) is 24.5. The number of nitrogens with two attached hydrogens (primary N) is 2. The summed E-state index contributed by atoms with van der Waals surface area (Å²) in [5.41, 5.74) is 17.6. The van der Waals surface area contributed by atoms with Crippen molar-refractivity contribution in [2.24, 2.45) is 11.7 Å². The number of nitrogen functional groups attached to an aromatic ring is 1. The SMILES string of the molecule is NCC1CC(n2cc(-c3ccc4[nH]c(=O)n(Cc5ccccc5)c4c3)c3c(N)ncnc32)C1. The van der Waals surface area contributed by atoms with Gasteiger partial charge in [0.05, 0.1) is 23.0 Å². The summed E-state index contributed by atoms with van der Waals surface area (Å²) in [5, 5.41) is 0.848. The molecule has 0 atom stereocenters. The third kappa shape index (κ3) is 3.22. The highest BCUT2D eigenvalue weighted by Crippen LogP contribution is 2.42. The molecule has 33 heavy (non-hydrogen) atoms. The Kier molecular flexibility index (Phi) is 4.55. The molecule has 0 unspecified atom stereocenters. The number of nitrogens with one attached hydrogen (secondary N) is 1. The predicted molar refractivity (Wildman–Crippen MR) is 130 cm³/mol. The number of anilines is 1. The molecule has 1 fully saturated rings. The molecule has 0 saturated heterocycles. The normalized spacial score (nSPS) is 18.1. The van der Waals surface area contributed by atoms with Gasteiger partial charge < -0.3 is 21.0 Å². The molecule has 3 aromatic heterocycles. The molecule has 8 nitrogen and oxygen atoms in total. The monoisotopic (exact) mass is 439 g/mol. The summed E-state index contributed by atoms with van der Waals surface area (Å²) in [7, 11) is 0. The van der Waals surface area contributed by atoms with Crippen LogP contribution in [0.15, 0.2) is 65.8 Å². The molecule has 1 saturated carbocycles. The van der Waals surface area contributed by atoms with E-state index in [1.807, 2.05) is 48.5 Å². The average molecular weight is 440 g/mol. The van der Waals surface area contributed by atoms with E-state index in [2.05, 4.69) is 25.7 Å². The van der Waals surface area contributed by atoms with Crippen molar-refractivity contribution in [1.29, 1.82) is 0 Å². The summed E-state index contributed by atoms with van der Waals surface area (Å²) in [6.07, 6.45) is 5.72. The van der Waals surface area contributed by atoms with Crippen molar-refractivity contribution >= 4 is 27.9 Å². The topological polar surface area (TPSA) is 121 Å². The number of nitrogens with zero attached hydrogens (tertiary/aromatic N) is 4. The van der Waals surface area contributed by atoms with Crippen molar-refractivity contribution in [2.75, 3.05) is 12.3 Å². The third-order valence-electron chi connectivity index (χ3n) is 6.85. The molecule has 0 aliphatic heterocycles. The summed E-state index contributed by atoms with van der Waals surface area (Å²) in [6, 6.07) is 16.3. The Labute approximate surface area is 189 Å². The zero-order valence-electron chi connectivity index (χ0n) is 18.1. The Morgan fingerprint density at radius 1 is 1.09 bits per heavy atom. The molecule has 2 aromatic carbocycles. The second-order valence-corrected chi connectivity index (χ2v) is 8.87. The maximum absolute atomic E-state index is 12.7. The quantitative estimate of drug-likeness (QED) is 0.388. The minimum atomic E-state index is -0.126. The highest BCUT2D eigenvalue weighted by atomic mass is 16.1. The Balaban J connectivity index is 1.49. The number of aromatic nitrogens is 5. The van der Waals surface area contributed by atoms with Gasteiger partial charge in [-0.05, 0) is 48.6 Å². The first-order valence-electron chi connectivity index (χ1n) is 11.2. The lowest BCUT2D eigenvalue weighted by Gasteiger charge is -2.35. The first-order valence-corrected chi connectivity index (χ1v) is 11.2. The highest BCUT2D eigenvalue weighted by molar-refractivity contribution is 6.02. The van der Waals surface area contributed by atoms with E-state index in [-0.39, 0.29) is 5.69 Å². The van der Waals surface area contributed by atoms with Crippen LogP contribution in [-0.4, -0.2) is 30.6 Å². The minimum Gasteiger partial charge on any atom is -0.383 e. The molecular weight excluding hydrogens is 414 g/mol. The summed E-state index contributed by atoms with van der Waals surface area (Å²) < 4.78 is 3.98. The lowest BCUT2D eigenvalue weighted by Crippen LogP contribution is -2.31. The van der Waals surface area contributed by atoms with Crippen LogP contribution in [0.2, 0.25) is 0 Å². The van der Waals surface area contributed by atoms with Gasteiger partial charge in [0.25, 0.3) is 0 Å². The van der Waals surface area contributed by atoms with Crippen molar-refractivity contribution in [3.05, 3.63) is 77.1 Å². The van der Waals surface area contributed by atoms with E-state index in [4.69, 9.17) is 11.5 Å². The number of fused-ring (bicyclic) bond motifs is 2. The van der Waals surface area contributed by atoms with Gasteiger partial charge in [0, 0.05) is 17.8 Å². The van der Waals surface area contributed by atoms with Crippen molar-refractivity contribution in [1.82, 2.24) is 24.1 Å². The van der Waals surface area contributed by atoms with Crippen LogP contribution in [0.25, 0.3) is 33.2 Å². The summed E-state index contributed by atoms with van der Waals surface area (Å²) in [6.45, 7) is 1.21. The Hall–Kier alpha value is -3.91. The molecule has 1 aliphatic carbocycles. The molecule has 0 bridgehead atoms. The largest absolute Gasteiger partial charge is 0.383 e. The van der Waals surface area contributed by atoms with E-state index in [0.717, 1.165) is 51.6 Å². The molecule has 8 heteroatoms. The van der Waals surface area contributed by atoms with Crippen molar-refractivity contribution < 1.29 is 0 Å². The maximum atomic E-state index is 12.7. The fourth-order valence-corrected chi connectivity index (χ4v) is 4.97. The van der Waals surface area contributed by atoms with E-state index in [1.165, 1.54) is 6.33 Å². The molecule has 0 amide bonds. The number of aromatic amines is 1. The van der Waals surface area contributed by atoms with Crippen LogP contribution >= 0.6 is 0 Å². The number of rotatable bonds is 5. The first-order chi connectivity index (χ1) is 16.1. The summed E-state index contributed by atoms with van der Waals surface area (Å²) >= 11 is 0. The highest BCUT2D eigenvalue weighted by Gasteiger charge is 2.31. The molecule has 3 heterocycles. The summed E-state index contributed by atoms with van der Waals surface area (Å²) in [5.74, 6) is 1.01. The Morgan fingerprint density at radius 2 is 1.91 bits per heavy atom. The third-order valence-corrected chi connectivity index (χ3v) is 6.85. The molecular formula is C25H25N7O. The second-order valence-electron chi connectivity index (χ2n) is 8.87. The van der Waals surface area contributed by atoms with Gasteiger partial charge in [-0.2, -0.15) is 0 Å². The molecule has 166 valence electrons. The molecule has 5 aromatic rings. The standard InChI is InChI=1S/C25H25N7O/c26-11-16-8-18(9-16)31-13-19(22-23(27)28-14-29-24(22)31)17-6-7-20-21(10-17)32(25(33)30-20)12-15-4-2-1-3-5-15/h1-7,10,13-14,16,18H,8-9,11-12,26H2,(H,30,33)(H2,27,28,29). The van der Waals surface area contributed by atoms with Crippen LogP contribution in [0.3, 0.4) is 0 Å². The van der Waals surface area contributed by atoms with Crippen LogP contribution in [0.4, 0.5) is 5.82 Å². The van der Waals surface area contributed by atoms with Gasteiger partial charge in [-0.3, -0.25) is 4.57 Å². The van der Waals surface area contributed by atoms with Gasteiger partial charge in [0.1, 0.15) is 17.8 Å². The smallest absolute Gasteiger partial charge is 0.326 e. The van der Waals surface area contributed by atoms with Gasteiger partial charge in [0.15, 0.2) is 0 Å². The van der Waals surface area contributed by atoms with E-state index in [1.54, 1.807) is 4.57 Å². The molecule has 1 aliphatic rings. The van der Waals surface area contributed by atoms with Crippen molar-refractivity contribution in [2.45, 2.75) is 25.4 Å². The van der Waals surface area contributed by atoms with E-state index in [9.17, 15) is 4.79 Å². The molecule has 6 rings (SSSR count).